The van der Waals surface area contributed by atoms with Crippen LogP contribution in [-0.2, 0) is 0 Å². The highest BCUT2D eigenvalue weighted by Crippen LogP contribution is 2.21. The third kappa shape index (κ3) is 3.79. The van der Waals surface area contributed by atoms with Crippen molar-refractivity contribution in [3.8, 4) is 11.1 Å². The van der Waals surface area contributed by atoms with E-state index in [2.05, 4.69) is 46.1 Å². The number of anilines is 1. The van der Waals surface area contributed by atoms with E-state index in [1.165, 1.54) is 0 Å². The van der Waals surface area contributed by atoms with Gasteiger partial charge in [-0.1, -0.05) is 42.5 Å². The van der Waals surface area contributed by atoms with Crippen molar-refractivity contribution in [2.75, 3.05) is 5.32 Å². The minimum Gasteiger partial charge on any atom is -0.322 e. The van der Waals surface area contributed by atoms with E-state index >= 15 is 0 Å². The molecule has 3 aromatic carbocycles. The minimum atomic E-state index is -0.0890. The predicted molar refractivity (Wildman–Crippen MR) is 104 cm³/mol. The molecule has 0 saturated heterocycles. The highest BCUT2D eigenvalue weighted by atomic mass is 127. The van der Waals surface area contributed by atoms with E-state index in [0.717, 1.165) is 25.9 Å². The molecule has 3 aromatic rings. The molecule has 23 heavy (non-hydrogen) atoms. The molecule has 0 radical (unpaired) electrons. The molecule has 1 N–H and O–H groups in total. The molecule has 0 spiro atoms. The largest absolute Gasteiger partial charge is 0.322 e. The van der Waals surface area contributed by atoms with Crippen LogP contribution in [0.15, 0.2) is 72.8 Å². The van der Waals surface area contributed by atoms with Gasteiger partial charge in [0.25, 0.3) is 5.91 Å². The summed E-state index contributed by atoms with van der Waals surface area (Å²) in [5.41, 5.74) is 4.82. The van der Waals surface area contributed by atoms with E-state index in [1.807, 2.05) is 61.5 Å². The number of hydrogen-bond acceptors (Lipinski definition) is 1. The molecule has 0 aliphatic carbocycles. The van der Waals surface area contributed by atoms with Crippen LogP contribution in [0.5, 0.6) is 0 Å². The summed E-state index contributed by atoms with van der Waals surface area (Å²) in [7, 11) is 0. The fourth-order valence-electron chi connectivity index (χ4n) is 2.41. The Morgan fingerprint density at radius 2 is 1.52 bits per heavy atom. The average Bonchev–Trinajstić information content (AvgIpc) is 2.58. The molecule has 114 valence electrons. The zero-order valence-electron chi connectivity index (χ0n) is 12.7. The van der Waals surface area contributed by atoms with E-state index in [-0.39, 0.29) is 5.91 Å². The maximum Gasteiger partial charge on any atom is 0.255 e. The van der Waals surface area contributed by atoms with Crippen molar-refractivity contribution in [1.29, 1.82) is 0 Å². The first kappa shape index (κ1) is 15.7. The molecule has 0 heterocycles. The first-order valence-corrected chi connectivity index (χ1v) is 8.44. The van der Waals surface area contributed by atoms with Crippen molar-refractivity contribution < 1.29 is 4.79 Å². The number of benzene rings is 3. The van der Waals surface area contributed by atoms with Crippen molar-refractivity contribution >= 4 is 34.2 Å². The molecule has 0 aromatic heterocycles. The summed E-state index contributed by atoms with van der Waals surface area (Å²) in [5, 5.41) is 2.97. The third-order valence-electron chi connectivity index (χ3n) is 3.69. The fraction of sp³-hybridized carbons (Fsp3) is 0.0500. The molecule has 0 aliphatic rings. The van der Waals surface area contributed by atoms with Gasteiger partial charge in [-0.15, -0.1) is 0 Å². The summed E-state index contributed by atoms with van der Waals surface area (Å²) >= 11 is 2.26. The SMILES string of the molecule is Cc1cc(I)ccc1NC(=O)c1ccc(-c2ccccc2)cc1. The Kier molecular flexibility index (Phi) is 4.76. The van der Waals surface area contributed by atoms with Crippen LogP contribution in [0.1, 0.15) is 15.9 Å². The summed E-state index contributed by atoms with van der Waals surface area (Å²) in [6, 6.07) is 23.8. The molecule has 0 atom stereocenters. The lowest BCUT2D eigenvalue weighted by Gasteiger charge is -2.09. The number of hydrogen-bond donors (Lipinski definition) is 1. The van der Waals surface area contributed by atoms with E-state index in [0.29, 0.717) is 5.56 Å². The van der Waals surface area contributed by atoms with Gasteiger partial charge in [0.2, 0.25) is 0 Å². The standard InChI is InChI=1S/C20H16INO/c1-14-13-18(21)11-12-19(14)22-20(23)17-9-7-16(8-10-17)15-5-3-2-4-6-15/h2-13H,1H3,(H,22,23). The van der Waals surface area contributed by atoms with E-state index in [9.17, 15) is 4.79 Å². The van der Waals surface area contributed by atoms with Crippen molar-refractivity contribution in [2.24, 2.45) is 0 Å². The second-order valence-electron chi connectivity index (χ2n) is 5.36. The number of amides is 1. The van der Waals surface area contributed by atoms with Crippen LogP contribution < -0.4 is 5.32 Å². The monoisotopic (exact) mass is 413 g/mol. The summed E-state index contributed by atoms with van der Waals surface area (Å²) in [6.45, 7) is 2.00. The van der Waals surface area contributed by atoms with Crippen molar-refractivity contribution in [1.82, 2.24) is 0 Å². The molecular weight excluding hydrogens is 397 g/mol. The average molecular weight is 413 g/mol. The lowest BCUT2D eigenvalue weighted by atomic mass is 10.0. The van der Waals surface area contributed by atoms with Crippen molar-refractivity contribution in [3.63, 3.8) is 0 Å². The van der Waals surface area contributed by atoms with Gasteiger partial charge in [0, 0.05) is 14.8 Å². The first-order valence-electron chi connectivity index (χ1n) is 7.36. The van der Waals surface area contributed by atoms with Gasteiger partial charge in [-0.2, -0.15) is 0 Å². The third-order valence-corrected chi connectivity index (χ3v) is 4.36. The number of carbonyl (C=O) groups excluding carboxylic acids is 1. The van der Waals surface area contributed by atoms with E-state index in [4.69, 9.17) is 0 Å². The van der Waals surface area contributed by atoms with Crippen LogP contribution in [0, 0.1) is 10.5 Å². The topological polar surface area (TPSA) is 29.1 Å². The van der Waals surface area contributed by atoms with E-state index in [1.54, 1.807) is 0 Å². The van der Waals surface area contributed by atoms with Crippen LogP contribution in [-0.4, -0.2) is 5.91 Å². The summed E-state index contributed by atoms with van der Waals surface area (Å²) in [4.78, 5) is 12.4. The molecule has 0 bridgehead atoms. The Balaban J connectivity index is 1.78. The van der Waals surface area contributed by atoms with Crippen LogP contribution >= 0.6 is 22.6 Å². The molecular formula is C20H16INO. The number of nitrogens with one attached hydrogen (secondary N) is 1. The number of carbonyl (C=O) groups is 1. The summed E-state index contributed by atoms with van der Waals surface area (Å²) in [6.07, 6.45) is 0. The highest BCUT2D eigenvalue weighted by molar-refractivity contribution is 14.1. The van der Waals surface area contributed by atoms with Crippen LogP contribution in [0.2, 0.25) is 0 Å². The Hall–Kier alpha value is -2.14. The smallest absolute Gasteiger partial charge is 0.255 e. The Morgan fingerprint density at radius 3 is 2.17 bits per heavy atom. The molecule has 3 heteroatoms. The molecule has 3 rings (SSSR count). The van der Waals surface area contributed by atoms with Crippen LogP contribution in [0.3, 0.4) is 0 Å². The van der Waals surface area contributed by atoms with Gasteiger partial charge in [0.05, 0.1) is 0 Å². The fourth-order valence-corrected chi connectivity index (χ4v) is 3.05. The maximum absolute atomic E-state index is 12.4. The summed E-state index contributed by atoms with van der Waals surface area (Å²) in [5.74, 6) is -0.0890. The van der Waals surface area contributed by atoms with Gasteiger partial charge in [-0.25, -0.2) is 0 Å². The van der Waals surface area contributed by atoms with Crippen molar-refractivity contribution in [3.05, 3.63) is 87.5 Å². The first-order chi connectivity index (χ1) is 11.1. The zero-order chi connectivity index (χ0) is 16.2. The van der Waals surface area contributed by atoms with Crippen molar-refractivity contribution in [2.45, 2.75) is 6.92 Å². The van der Waals surface area contributed by atoms with Gasteiger partial charge < -0.3 is 5.32 Å². The normalized spacial score (nSPS) is 10.3. The molecule has 0 unspecified atom stereocenters. The second kappa shape index (κ2) is 6.96. The Morgan fingerprint density at radius 1 is 0.870 bits per heavy atom. The Bertz CT molecular complexity index is 826. The lowest BCUT2D eigenvalue weighted by Crippen LogP contribution is -2.12. The number of rotatable bonds is 3. The predicted octanol–water partition coefficient (Wildman–Crippen LogP) is 5.52. The summed E-state index contributed by atoms with van der Waals surface area (Å²) < 4.78 is 1.16. The molecule has 1 amide bonds. The molecule has 0 aliphatic heterocycles. The number of aryl methyl sites for hydroxylation is 1. The molecule has 0 saturated carbocycles. The highest BCUT2D eigenvalue weighted by Gasteiger charge is 2.08. The van der Waals surface area contributed by atoms with Gasteiger partial charge in [0.1, 0.15) is 0 Å². The van der Waals surface area contributed by atoms with E-state index < -0.39 is 0 Å². The van der Waals surface area contributed by atoms with Gasteiger partial charge in [-0.05, 0) is 76.5 Å². The zero-order valence-corrected chi connectivity index (χ0v) is 14.9. The van der Waals surface area contributed by atoms with Gasteiger partial charge in [0.15, 0.2) is 0 Å². The molecule has 0 fully saturated rings. The second-order valence-corrected chi connectivity index (χ2v) is 6.60. The lowest BCUT2D eigenvalue weighted by molar-refractivity contribution is 0.102. The van der Waals surface area contributed by atoms with Gasteiger partial charge in [-0.3, -0.25) is 4.79 Å². The Labute approximate surface area is 149 Å². The van der Waals surface area contributed by atoms with Gasteiger partial charge >= 0.3 is 0 Å². The van der Waals surface area contributed by atoms with Crippen LogP contribution in [0.25, 0.3) is 11.1 Å². The number of halogens is 1. The maximum atomic E-state index is 12.4. The molecule has 2 nitrogen and oxygen atoms in total. The quantitative estimate of drug-likeness (QED) is 0.563. The minimum absolute atomic E-state index is 0.0890. The van der Waals surface area contributed by atoms with Crippen LogP contribution in [0.4, 0.5) is 5.69 Å².